The van der Waals surface area contributed by atoms with Crippen molar-refractivity contribution in [3.05, 3.63) is 59.7 Å². The van der Waals surface area contributed by atoms with Gasteiger partial charge >= 0.3 is 0 Å². The van der Waals surface area contributed by atoms with E-state index in [2.05, 4.69) is 17.1 Å². The third kappa shape index (κ3) is 6.07. The van der Waals surface area contributed by atoms with Gasteiger partial charge in [-0.1, -0.05) is 37.3 Å². The first kappa shape index (κ1) is 21.8. The average molecular weight is 410 g/mol. The molecule has 1 heterocycles. The van der Waals surface area contributed by atoms with E-state index in [9.17, 15) is 9.59 Å². The summed E-state index contributed by atoms with van der Waals surface area (Å²) in [5.74, 6) is 0.991. The number of methoxy groups -OCH3 is 1. The third-order valence-corrected chi connectivity index (χ3v) is 5.55. The van der Waals surface area contributed by atoms with Gasteiger partial charge in [0.2, 0.25) is 11.8 Å². The Labute approximate surface area is 178 Å². The smallest absolute Gasteiger partial charge is 0.238 e. The van der Waals surface area contributed by atoms with Crippen LogP contribution in [0, 0.1) is 0 Å². The van der Waals surface area contributed by atoms with E-state index in [0.717, 1.165) is 48.5 Å². The molecule has 0 radical (unpaired) electrons. The van der Waals surface area contributed by atoms with Crippen LogP contribution in [0.1, 0.15) is 24.5 Å². The maximum atomic E-state index is 12.5. The Morgan fingerprint density at radius 3 is 2.37 bits per heavy atom. The van der Waals surface area contributed by atoms with Crippen LogP contribution in [0.3, 0.4) is 0 Å². The van der Waals surface area contributed by atoms with Gasteiger partial charge in [0.15, 0.2) is 0 Å². The van der Waals surface area contributed by atoms with E-state index >= 15 is 0 Å². The molecule has 0 bridgehead atoms. The van der Waals surface area contributed by atoms with E-state index in [-0.39, 0.29) is 11.8 Å². The number of benzene rings is 2. The molecule has 0 atom stereocenters. The fourth-order valence-corrected chi connectivity index (χ4v) is 3.70. The number of hydrogen-bond acceptors (Lipinski definition) is 4. The van der Waals surface area contributed by atoms with Crippen LogP contribution >= 0.6 is 0 Å². The lowest BCUT2D eigenvalue weighted by Crippen LogP contribution is -2.50. The monoisotopic (exact) mass is 409 g/mol. The molecule has 6 nitrogen and oxygen atoms in total. The molecular formula is C24H31N3O3. The number of carbonyl (C=O) groups excluding carboxylic acids is 2. The Bertz CT molecular complexity index is 843. The van der Waals surface area contributed by atoms with Crippen molar-refractivity contribution >= 4 is 17.5 Å². The van der Waals surface area contributed by atoms with Gasteiger partial charge in [0.25, 0.3) is 0 Å². The number of aryl methyl sites for hydroxylation is 2. The summed E-state index contributed by atoms with van der Waals surface area (Å²) in [6.45, 7) is 5.20. The second-order valence-corrected chi connectivity index (χ2v) is 7.56. The minimum atomic E-state index is -0.00446. The first-order valence-corrected chi connectivity index (χ1v) is 10.6. The molecule has 0 aromatic heterocycles. The van der Waals surface area contributed by atoms with Gasteiger partial charge in [-0.15, -0.1) is 0 Å². The molecule has 0 spiro atoms. The molecule has 1 saturated heterocycles. The normalized spacial score (nSPS) is 14.4. The summed E-state index contributed by atoms with van der Waals surface area (Å²) in [5.41, 5.74) is 3.15. The summed E-state index contributed by atoms with van der Waals surface area (Å²) in [6, 6.07) is 15.7. The number of hydrogen-bond donors (Lipinski definition) is 1. The molecule has 6 heteroatoms. The van der Waals surface area contributed by atoms with Crippen LogP contribution in [0.15, 0.2) is 48.5 Å². The van der Waals surface area contributed by atoms with Gasteiger partial charge in [0.1, 0.15) is 5.75 Å². The minimum Gasteiger partial charge on any atom is -0.497 e. The molecule has 0 unspecified atom stereocenters. The number of nitrogens with one attached hydrogen (secondary N) is 1. The predicted octanol–water partition coefficient (Wildman–Crippen LogP) is 2.97. The summed E-state index contributed by atoms with van der Waals surface area (Å²) in [7, 11) is 1.64. The number of nitrogens with zero attached hydrogens (tertiary/aromatic N) is 2. The maximum Gasteiger partial charge on any atom is 0.238 e. The van der Waals surface area contributed by atoms with Crippen LogP contribution in [0.5, 0.6) is 5.75 Å². The number of piperazine rings is 1. The number of ether oxygens (including phenoxy) is 1. The molecule has 1 aliphatic rings. The van der Waals surface area contributed by atoms with Gasteiger partial charge in [-0.25, -0.2) is 0 Å². The molecule has 160 valence electrons. The first-order valence-electron chi connectivity index (χ1n) is 10.6. The Kier molecular flexibility index (Phi) is 7.85. The highest BCUT2D eigenvalue weighted by Gasteiger charge is 2.22. The lowest BCUT2D eigenvalue weighted by Gasteiger charge is -2.34. The minimum absolute atomic E-state index is 0.00446. The van der Waals surface area contributed by atoms with Crippen molar-refractivity contribution < 1.29 is 14.3 Å². The quantitative estimate of drug-likeness (QED) is 0.728. The second-order valence-electron chi connectivity index (χ2n) is 7.56. The van der Waals surface area contributed by atoms with Crippen molar-refractivity contribution in [3.8, 4) is 5.75 Å². The topological polar surface area (TPSA) is 61.9 Å². The van der Waals surface area contributed by atoms with E-state index in [1.165, 1.54) is 0 Å². The fraction of sp³-hybridized carbons (Fsp3) is 0.417. The van der Waals surface area contributed by atoms with Gasteiger partial charge in [-0.3, -0.25) is 14.5 Å². The predicted molar refractivity (Wildman–Crippen MR) is 119 cm³/mol. The van der Waals surface area contributed by atoms with Crippen LogP contribution in [0.2, 0.25) is 0 Å². The fourth-order valence-electron chi connectivity index (χ4n) is 3.70. The van der Waals surface area contributed by atoms with E-state index in [1.807, 2.05) is 53.4 Å². The number of anilines is 1. The van der Waals surface area contributed by atoms with Gasteiger partial charge in [0.05, 0.1) is 13.7 Å². The third-order valence-electron chi connectivity index (χ3n) is 5.55. The molecule has 0 saturated carbocycles. The highest BCUT2D eigenvalue weighted by molar-refractivity contribution is 5.93. The van der Waals surface area contributed by atoms with Gasteiger partial charge < -0.3 is 15.0 Å². The first-order chi connectivity index (χ1) is 14.6. The highest BCUT2D eigenvalue weighted by Crippen LogP contribution is 2.16. The van der Waals surface area contributed by atoms with Crippen molar-refractivity contribution in [1.82, 2.24) is 9.80 Å². The zero-order chi connectivity index (χ0) is 21.3. The van der Waals surface area contributed by atoms with Crippen LogP contribution in [0.4, 0.5) is 5.69 Å². The van der Waals surface area contributed by atoms with Crippen LogP contribution < -0.4 is 10.1 Å². The summed E-state index contributed by atoms with van der Waals surface area (Å²) >= 11 is 0. The SMILES string of the molecule is CCc1ccccc1NC(=O)CN1CCN(C(=O)CCc2ccc(OC)cc2)CC1. The highest BCUT2D eigenvalue weighted by atomic mass is 16.5. The Morgan fingerprint density at radius 2 is 1.70 bits per heavy atom. The van der Waals surface area contributed by atoms with Crippen LogP contribution in [-0.2, 0) is 22.4 Å². The van der Waals surface area contributed by atoms with Crippen LogP contribution in [0.25, 0.3) is 0 Å². The molecule has 1 N–H and O–H groups in total. The zero-order valence-electron chi connectivity index (χ0n) is 17.9. The largest absolute Gasteiger partial charge is 0.497 e. The summed E-state index contributed by atoms with van der Waals surface area (Å²) in [4.78, 5) is 29.0. The van der Waals surface area contributed by atoms with Crippen molar-refractivity contribution in [2.24, 2.45) is 0 Å². The Hall–Kier alpha value is -2.86. The number of para-hydroxylation sites is 1. The molecule has 0 aliphatic carbocycles. The average Bonchev–Trinajstić information content (AvgIpc) is 2.78. The number of rotatable bonds is 8. The zero-order valence-corrected chi connectivity index (χ0v) is 17.9. The number of carbonyl (C=O) groups is 2. The number of amides is 2. The van der Waals surface area contributed by atoms with E-state index < -0.39 is 0 Å². The van der Waals surface area contributed by atoms with Gasteiger partial charge in [0, 0.05) is 38.3 Å². The Balaban J connectivity index is 1.40. The lowest BCUT2D eigenvalue weighted by atomic mass is 10.1. The molecule has 1 fully saturated rings. The molecule has 2 aromatic rings. The summed E-state index contributed by atoms with van der Waals surface area (Å²) < 4.78 is 5.16. The van der Waals surface area contributed by atoms with Gasteiger partial charge in [-0.05, 0) is 42.2 Å². The van der Waals surface area contributed by atoms with Crippen molar-refractivity contribution in [3.63, 3.8) is 0 Å². The second kappa shape index (κ2) is 10.8. The van der Waals surface area contributed by atoms with Crippen molar-refractivity contribution in [1.29, 1.82) is 0 Å². The molecule has 3 rings (SSSR count). The van der Waals surface area contributed by atoms with E-state index in [1.54, 1.807) is 7.11 Å². The van der Waals surface area contributed by atoms with Crippen molar-refractivity contribution in [2.75, 3.05) is 45.2 Å². The molecule has 1 aliphatic heterocycles. The molecular weight excluding hydrogens is 378 g/mol. The van der Waals surface area contributed by atoms with E-state index in [4.69, 9.17) is 4.74 Å². The molecule has 2 aromatic carbocycles. The lowest BCUT2D eigenvalue weighted by molar-refractivity contribution is -0.133. The van der Waals surface area contributed by atoms with Gasteiger partial charge in [-0.2, -0.15) is 0 Å². The van der Waals surface area contributed by atoms with E-state index in [0.29, 0.717) is 26.1 Å². The van der Waals surface area contributed by atoms with Crippen LogP contribution in [-0.4, -0.2) is 61.4 Å². The maximum absolute atomic E-state index is 12.5. The standard InChI is InChI=1S/C24H31N3O3/c1-3-20-6-4-5-7-22(20)25-23(28)18-26-14-16-27(17-15-26)24(29)13-10-19-8-11-21(30-2)12-9-19/h4-9,11-12H,3,10,13-18H2,1-2H3,(H,25,28). The van der Waals surface area contributed by atoms with Crippen molar-refractivity contribution in [2.45, 2.75) is 26.2 Å². The summed E-state index contributed by atoms with van der Waals surface area (Å²) in [5, 5.41) is 3.02. The molecule has 2 amide bonds. The molecule has 30 heavy (non-hydrogen) atoms. The summed E-state index contributed by atoms with van der Waals surface area (Å²) in [6.07, 6.45) is 2.11. The Morgan fingerprint density at radius 1 is 1.00 bits per heavy atom.